The summed E-state index contributed by atoms with van der Waals surface area (Å²) in [5.41, 5.74) is 3.39. The molecule has 12 heavy (non-hydrogen) atoms. The van der Waals surface area contributed by atoms with Crippen LogP contribution in [0.15, 0.2) is 30.3 Å². The van der Waals surface area contributed by atoms with Gasteiger partial charge in [0.05, 0.1) is 10.2 Å². The fraction of sp³-hybridized carbons (Fsp3) is 0.100. The van der Waals surface area contributed by atoms with Crippen molar-refractivity contribution < 1.29 is 0 Å². The van der Waals surface area contributed by atoms with Crippen molar-refractivity contribution in [1.82, 2.24) is 4.98 Å². The molecule has 0 spiro atoms. The largest absolute Gasteiger partial charge is 0.255 e. The number of rotatable bonds is 1. The van der Waals surface area contributed by atoms with Crippen LogP contribution in [0.4, 0.5) is 0 Å². The number of hydrogen-bond acceptors (Lipinski definition) is 2. The average molecular weight is 175 g/mol. The van der Waals surface area contributed by atoms with Gasteiger partial charge < -0.3 is 0 Å². The Bertz CT molecular complexity index is 428. The van der Waals surface area contributed by atoms with Crippen molar-refractivity contribution >= 4 is 27.1 Å². The standard InChI is InChI=1S/C10H9NS/c1-7(2)8-3-5-11-9-4-6-12-10(8)9/h3-6H,1H2,2H3. The molecular weight excluding hydrogens is 166 g/mol. The molecule has 0 amide bonds. The zero-order chi connectivity index (χ0) is 8.55. The molecule has 2 aromatic rings. The van der Waals surface area contributed by atoms with Gasteiger partial charge >= 0.3 is 0 Å². The third-order valence-corrected chi connectivity index (χ3v) is 2.74. The topological polar surface area (TPSA) is 12.9 Å². The highest BCUT2D eigenvalue weighted by molar-refractivity contribution is 7.17. The number of thiophene rings is 1. The third kappa shape index (κ3) is 1.04. The van der Waals surface area contributed by atoms with Gasteiger partial charge in [0.25, 0.3) is 0 Å². The first-order valence-corrected chi connectivity index (χ1v) is 4.65. The molecule has 1 nitrogen and oxygen atoms in total. The van der Waals surface area contributed by atoms with Crippen molar-refractivity contribution in [3.8, 4) is 0 Å². The fourth-order valence-electron chi connectivity index (χ4n) is 1.21. The fourth-order valence-corrected chi connectivity index (χ4v) is 2.15. The van der Waals surface area contributed by atoms with Crippen LogP contribution in [-0.4, -0.2) is 4.98 Å². The Balaban J connectivity index is 2.82. The Morgan fingerprint density at radius 2 is 2.33 bits per heavy atom. The molecule has 0 aliphatic rings. The minimum absolute atomic E-state index is 1.07. The van der Waals surface area contributed by atoms with Crippen molar-refractivity contribution in [3.63, 3.8) is 0 Å². The van der Waals surface area contributed by atoms with E-state index >= 15 is 0 Å². The number of pyridine rings is 1. The smallest absolute Gasteiger partial charge is 0.0815 e. The van der Waals surface area contributed by atoms with E-state index in [4.69, 9.17) is 0 Å². The van der Waals surface area contributed by atoms with Gasteiger partial charge in [-0.25, -0.2) is 0 Å². The van der Waals surface area contributed by atoms with Gasteiger partial charge in [-0.15, -0.1) is 11.3 Å². The molecule has 60 valence electrons. The Kier molecular flexibility index (Phi) is 1.70. The van der Waals surface area contributed by atoms with Crippen molar-refractivity contribution in [3.05, 3.63) is 35.9 Å². The van der Waals surface area contributed by atoms with Gasteiger partial charge in [-0.1, -0.05) is 6.58 Å². The Labute approximate surface area is 75.4 Å². The van der Waals surface area contributed by atoms with Crippen molar-refractivity contribution in [2.45, 2.75) is 6.92 Å². The normalized spacial score (nSPS) is 10.4. The van der Waals surface area contributed by atoms with Crippen molar-refractivity contribution in [2.75, 3.05) is 0 Å². The quantitative estimate of drug-likeness (QED) is 0.647. The van der Waals surface area contributed by atoms with Crippen molar-refractivity contribution in [1.29, 1.82) is 0 Å². The summed E-state index contributed by atoms with van der Waals surface area (Å²) in [4.78, 5) is 4.25. The van der Waals surface area contributed by atoms with E-state index in [9.17, 15) is 0 Å². The van der Waals surface area contributed by atoms with Crippen LogP contribution in [0.2, 0.25) is 0 Å². The van der Waals surface area contributed by atoms with E-state index < -0.39 is 0 Å². The highest BCUT2D eigenvalue weighted by Crippen LogP contribution is 2.26. The second kappa shape index (κ2) is 2.72. The van der Waals surface area contributed by atoms with Crippen LogP contribution in [0.25, 0.3) is 15.8 Å². The molecule has 0 atom stereocenters. The van der Waals surface area contributed by atoms with E-state index in [-0.39, 0.29) is 0 Å². The maximum Gasteiger partial charge on any atom is 0.0815 e. The number of fused-ring (bicyclic) bond motifs is 1. The SMILES string of the molecule is C=C(C)c1ccnc2ccsc12. The molecule has 0 saturated carbocycles. The van der Waals surface area contributed by atoms with Gasteiger partial charge in [-0.3, -0.25) is 4.98 Å². The Hall–Kier alpha value is -1.15. The van der Waals surface area contributed by atoms with Gasteiger partial charge in [0.15, 0.2) is 0 Å². The van der Waals surface area contributed by atoms with Crippen LogP contribution in [0, 0.1) is 0 Å². The van der Waals surface area contributed by atoms with E-state index in [0.29, 0.717) is 0 Å². The molecule has 0 unspecified atom stereocenters. The first-order chi connectivity index (χ1) is 5.79. The van der Waals surface area contributed by atoms with Crippen LogP contribution in [-0.2, 0) is 0 Å². The summed E-state index contributed by atoms with van der Waals surface area (Å²) in [5.74, 6) is 0. The summed E-state index contributed by atoms with van der Waals surface area (Å²) >= 11 is 1.72. The van der Waals surface area contributed by atoms with E-state index in [1.165, 1.54) is 10.3 Å². The molecule has 0 aliphatic carbocycles. The van der Waals surface area contributed by atoms with Gasteiger partial charge in [-0.05, 0) is 35.6 Å². The van der Waals surface area contributed by atoms with Crippen molar-refractivity contribution in [2.24, 2.45) is 0 Å². The third-order valence-electron chi connectivity index (χ3n) is 1.80. The summed E-state index contributed by atoms with van der Waals surface area (Å²) in [6.07, 6.45) is 1.83. The molecule has 0 fully saturated rings. The van der Waals surface area contributed by atoms with Crippen LogP contribution in [0.5, 0.6) is 0 Å². The van der Waals surface area contributed by atoms with Gasteiger partial charge in [-0.2, -0.15) is 0 Å². The zero-order valence-corrected chi connectivity index (χ0v) is 7.69. The molecule has 2 heterocycles. The maximum absolute atomic E-state index is 4.25. The summed E-state index contributed by atoms with van der Waals surface area (Å²) in [6.45, 7) is 5.96. The minimum atomic E-state index is 1.07. The lowest BCUT2D eigenvalue weighted by Gasteiger charge is -1.99. The zero-order valence-electron chi connectivity index (χ0n) is 6.87. The van der Waals surface area contributed by atoms with Gasteiger partial charge in [0.2, 0.25) is 0 Å². The molecule has 0 bridgehead atoms. The lowest BCUT2D eigenvalue weighted by atomic mass is 10.1. The lowest BCUT2D eigenvalue weighted by molar-refractivity contribution is 1.41. The van der Waals surface area contributed by atoms with Crippen LogP contribution >= 0.6 is 11.3 Å². The molecule has 2 rings (SSSR count). The summed E-state index contributed by atoms with van der Waals surface area (Å²) in [7, 11) is 0. The van der Waals surface area contributed by atoms with E-state index in [2.05, 4.69) is 16.9 Å². The lowest BCUT2D eigenvalue weighted by Crippen LogP contribution is -1.79. The molecule has 0 radical (unpaired) electrons. The number of hydrogen-bond donors (Lipinski definition) is 0. The van der Waals surface area contributed by atoms with Crippen LogP contribution in [0.3, 0.4) is 0 Å². The number of allylic oxidation sites excluding steroid dienone is 1. The first kappa shape index (κ1) is 7.50. The maximum atomic E-state index is 4.25. The molecule has 0 N–H and O–H groups in total. The van der Waals surface area contributed by atoms with Crippen LogP contribution in [0.1, 0.15) is 12.5 Å². The van der Waals surface area contributed by atoms with E-state index in [1.807, 2.05) is 25.3 Å². The average Bonchev–Trinajstić information content (AvgIpc) is 2.49. The second-order valence-corrected chi connectivity index (χ2v) is 3.69. The summed E-state index contributed by atoms with van der Waals surface area (Å²) < 4.78 is 1.24. The molecule has 2 aromatic heterocycles. The minimum Gasteiger partial charge on any atom is -0.255 e. The first-order valence-electron chi connectivity index (χ1n) is 3.77. The molecule has 0 aliphatic heterocycles. The molecule has 0 aromatic carbocycles. The summed E-state index contributed by atoms with van der Waals surface area (Å²) in [6, 6.07) is 4.05. The predicted octanol–water partition coefficient (Wildman–Crippen LogP) is 3.33. The molecular formula is C10H9NS. The predicted molar refractivity (Wildman–Crippen MR) is 54.3 cm³/mol. The van der Waals surface area contributed by atoms with Gasteiger partial charge in [0, 0.05) is 6.20 Å². The monoisotopic (exact) mass is 175 g/mol. The highest BCUT2D eigenvalue weighted by atomic mass is 32.1. The number of nitrogens with zero attached hydrogens (tertiary/aromatic N) is 1. The molecule has 2 heteroatoms. The Morgan fingerprint density at radius 1 is 1.50 bits per heavy atom. The number of aromatic nitrogens is 1. The van der Waals surface area contributed by atoms with E-state index in [0.717, 1.165) is 11.1 Å². The second-order valence-electron chi connectivity index (χ2n) is 2.77. The van der Waals surface area contributed by atoms with Crippen LogP contribution < -0.4 is 0 Å². The Morgan fingerprint density at radius 3 is 3.08 bits per heavy atom. The van der Waals surface area contributed by atoms with Gasteiger partial charge in [0.1, 0.15) is 0 Å². The summed E-state index contributed by atoms with van der Waals surface area (Å²) in [5, 5.41) is 2.06. The highest BCUT2D eigenvalue weighted by Gasteiger charge is 2.02. The van der Waals surface area contributed by atoms with E-state index in [1.54, 1.807) is 11.3 Å². The molecule has 0 saturated heterocycles.